The molecule has 17 nitrogen and oxygen atoms in total. The summed E-state index contributed by atoms with van der Waals surface area (Å²) in [5, 5.41) is 10.7. The van der Waals surface area contributed by atoms with Crippen molar-refractivity contribution in [3.8, 4) is 0 Å². The molecule has 0 saturated carbocycles. The van der Waals surface area contributed by atoms with E-state index >= 15 is 0 Å². The van der Waals surface area contributed by atoms with Crippen LogP contribution in [0, 0.1) is 5.92 Å². The Hall–Kier alpha value is -1.94. The molecular weight excluding hydrogens is 1350 g/mol. The van der Waals surface area contributed by atoms with Gasteiger partial charge in [0, 0.05) is 25.7 Å². The Morgan fingerprint density at radius 2 is 0.442 bits per heavy atom. The van der Waals surface area contributed by atoms with Crippen LogP contribution in [-0.2, 0) is 65.4 Å². The first-order valence-electron chi connectivity index (χ1n) is 44.1. The van der Waals surface area contributed by atoms with Crippen LogP contribution in [0.25, 0.3) is 0 Å². The lowest BCUT2D eigenvalue weighted by molar-refractivity contribution is -0.161. The Morgan fingerprint density at radius 3 is 0.654 bits per heavy atom. The van der Waals surface area contributed by atoms with E-state index in [1.165, 1.54) is 283 Å². The summed E-state index contributed by atoms with van der Waals surface area (Å²) in [4.78, 5) is 73.2. The maximum atomic E-state index is 13.1. The summed E-state index contributed by atoms with van der Waals surface area (Å²) in [6, 6.07) is 0. The van der Waals surface area contributed by atoms with Crippen molar-refractivity contribution in [2.45, 2.75) is 477 Å². The molecule has 0 spiro atoms. The van der Waals surface area contributed by atoms with Crippen molar-refractivity contribution < 1.29 is 80.2 Å². The first kappa shape index (κ1) is 102. The van der Waals surface area contributed by atoms with Gasteiger partial charge < -0.3 is 33.8 Å². The van der Waals surface area contributed by atoms with Crippen molar-refractivity contribution in [2.24, 2.45) is 5.92 Å². The topological polar surface area (TPSA) is 237 Å². The van der Waals surface area contributed by atoms with Crippen molar-refractivity contribution in [1.29, 1.82) is 0 Å². The highest BCUT2D eigenvalue weighted by molar-refractivity contribution is 7.47. The minimum absolute atomic E-state index is 0.109. The Morgan fingerprint density at radius 1 is 0.260 bits per heavy atom. The van der Waals surface area contributed by atoms with E-state index in [9.17, 15) is 43.2 Å². The molecule has 0 aromatic rings. The summed E-state index contributed by atoms with van der Waals surface area (Å²) >= 11 is 0. The molecule has 3 N–H and O–H groups in total. The standard InChI is InChI=1S/C85H166O17P2/c1-6-9-12-15-18-21-24-27-29-30-35-39-44-49-54-59-64-69-83(88)96-75-81(102-85(90)71-66-61-56-51-46-41-36-32-31-34-38-42-47-52-57-62-67-78(4)5)77-100-104(93,94)98-73-79(86)72-97-103(91,92)99-76-80(74-95-82(87)68-63-58-53-48-43-37-26-23-20-17-14-11-8-3)101-84(89)70-65-60-55-50-45-40-33-28-25-22-19-16-13-10-7-2/h78-81,86H,6-77H2,1-5H3,(H,91,92)(H,93,94)/t79-,80+,81+/m0/s1. The predicted octanol–water partition coefficient (Wildman–Crippen LogP) is 26.0. The second-order valence-corrected chi connectivity index (χ2v) is 34.0. The Balaban J connectivity index is 5.26. The van der Waals surface area contributed by atoms with E-state index < -0.39 is 97.5 Å². The zero-order valence-electron chi connectivity index (χ0n) is 68.2. The molecule has 0 fully saturated rings. The Kier molecular flexibility index (Phi) is 76.3. The molecule has 0 rings (SSSR count). The van der Waals surface area contributed by atoms with Crippen LogP contribution in [0.1, 0.15) is 458 Å². The lowest BCUT2D eigenvalue weighted by Crippen LogP contribution is -2.30. The summed E-state index contributed by atoms with van der Waals surface area (Å²) in [6.45, 7) is 7.40. The van der Waals surface area contributed by atoms with Gasteiger partial charge in [-0.25, -0.2) is 9.13 Å². The zero-order chi connectivity index (χ0) is 76.2. The maximum absolute atomic E-state index is 13.1. The third-order valence-corrected chi connectivity index (χ3v) is 21.9. The minimum atomic E-state index is -4.96. The van der Waals surface area contributed by atoms with Crippen LogP contribution in [0.15, 0.2) is 0 Å². The maximum Gasteiger partial charge on any atom is 0.472 e. The molecule has 0 aliphatic heterocycles. The highest BCUT2D eigenvalue weighted by Gasteiger charge is 2.30. The second kappa shape index (κ2) is 77.8. The SMILES string of the molecule is CCCCCCCCCCCCCCCCCCCC(=O)OC[C@H](COP(=O)(O)OC[C@@H](O)COP(=O)(O)OC[C@@H](COC(=O)CCCCCCCCCCCCCCC)OC(=O)CCCCCCCCCCCCCCCCC)OC(=O)CCCCCCCCCCCCCCCCCCC(C)C. The van der Waals surface area contributed by atoms with Crippen LogP contribution >= 0.6 is 15.6 Å². The molecule has 0 aliphatic carbocycles. The number of ether oxygens (including phenoxy) is 4. The quantitative estimate of drug-likeness (QED) is 0.0222. The fourth-order valence-corrected chi connectivity index (χ4v) is 14.9. The number of unbranched alkanes of at least 4 members (excludes halogenated alkanes) is 57. The van der Waals surface area contributed by atoms with Crippen LogP contribution < -0.4 is 0 Å². The molecule has 104 heavy (non-hydrogen) atoms. The summed E-state index contributed by atoms with van der Waals surface area (Å²) < 4.78 is 68.9. The van der Waals surface area contributed by atoms with Crippen molar-refractivity contribution in [1.82, 2.24) is 0 Å². The zero-order valence-corrected chi connectivity index (χ0v) is 70.0. The van der Waals surface area contributed by atoms with Gasteiger partial charge in [-0.2, -0.15) is 0 Å². The van der Waals surface area contributed by atoms with Crippen LogP contribution in [0.4, 0.5) is 0 Å². The third kappa shape index (κ3) is 78.2. The minimum Gasteiger partial charge on any atom is -0.462 e. The summed E-state index contributed by atoms with van der Waals surface area (Å²) in [5.41, 5.74) is 0. The van der Waals surface area contributed by atoms with Crippen LogP contribution in [0.3, 0.4) is 0 Å². The van der Waals surface area contributed by atoms with Gasteiger partial charge in [0.25, 0.3) is 0 Å². The molecule has 0 aromatic heterocycles. The molecule has 0 radical (unpaired) electrons. The molecular formula is C85H166O17P2. The molecule has 0 amide bonds. The molecule has 0 heterocycles. The second-order valence-electron chi connectivity index (χ2n) is 31.1. The van der Waals surface area contributed by atoms with E-state index in [4.69, 9.17) is 37.0 Å². The van der Waals surface area contributed by atoms with Gasteiger partial charge in [0.05, 0.1) is 26.4 Å². The molecule has 2 unspecified atom stereocenters. The average molecular weight is 1520 g/mol. The van der Waals surface area contributed by atoms with E-state index in [2.05, 4.69) is 34.6 Å². The Bertz CT molecular complexity index is 1980. The largest absolute Gasteiger partial charge is 0.472 e. The van der Waals surface area contributed by atoms with E-state index in [1.54, 1.807) is 0 Å². The number of hydrogen-bond donors (Lipinski definition) is 3. The highest BCUT2D eigenvalue weighted by atomic mass is 31.2. The van der Waals surface area contributed by atoms with Crippen molar-refractivity contribution in [3.05, 3.63) is 0 Å². The third-order valence-electron chi connectivity index (χ3n) is 20.0. The Labute approximate surface area is 638 Å². The number of carbonyl (C=O) groups excluding carboxylic acids is 4. The fourth-order valence-electron chi connectivity index (χ4n) is 13.3. The number of aliphatic hydroxyl groups excluding tert-OH is 1. The van der Waals surface area contributed by atoms with Gasteiger partial charge in [-0.15, -0.1) is 0 Å². The molecule has 5 atom stereocenters. The highest BCUT2D eigenvalue weighted by Crippen LogP contribution is 2.45. The van der Waals surface area contributed by atoms with Gasteiger partial charge in [-0.05, 0) is 31.6 Å². The molecule has 0 bridgehead atoms. The van der Waals surface area contributed by atoms with Gasteiger partial charge >= 0.3 is 39.5 Å². The lowest BCUT2D eigenvalue weighted by atomic mass is 10.0. The van der Waals surface area contributed by atoms with Crippen LogP contribution in [0.2, 0.25) is 0 Å². The molecule has 0 aliphatic rings. The molecule has 0 saturated heterocycles. The number of carbonyl (C=O) groups is 4. The number of aliphatic hydroxyl groups is 1. The van der Waals surface area contributed by atoms with Gasteiger partial charge in [-0.1, -0.05) is 407 Å². The fraction of sp³-hybridized carbons (Fsp3) is 0.953. The monoisotopic (exact) mass is 1520 g/mol. The number of phosphoric ester groups is 2. The smallest absolute Gasteiger partial charge is 0.462 e. The number of rotatable bonds is 85. The molecule has 618 valence electrons. The normalized spacial score (nSPS) is 13.8. The van der Waals surface area contributed by atoms with E-state index in [-0.39, 0.29) is 25.7 Å². The number of hydrogen-bond acceptors (Lipinski definition) is 15. The summed E-state index contributed by atoms with van der Waals surface area (Å²) in [6.07, 6.45) is 70.6. The van der Waals surface area contributed by atoms with Crippen molar-refractivity contribution in [3.63, 3.8) is 0 Å². The van der Waals surface area contributed by atoms with Gasteiger partial charge in [0.2, 0.25) is 0 Å². The molecule has 0 aromatic carbocycles. The van der Waals surface area contributed by atoms with E-state index in [0.717, 1.165) is 95.8 Å². The van der Waals surface area contributed by atoms with Gasteiger partial charge in [-0.3, -0.25) is 37.3 Å². The number of phosphoric acid groups is 2. The van der Waals surface area contributed by atoms with E-state index in [1.807, 2.05) is 0 Å². The lowest BCUT2D eigenvalue weighted by Gasteiger charge is -2.21. The van der Waals surface area contributed by atoms with Crippen molar-refractivity contribution >= 4 is 39.5 Å². The first-order valence-corrected chi connectivity index (χ1v) is 47.1. The number of esters is 4. The molecule has 19 heteroatoms. The summed E-state index contributed by atoms with van der Waals surface area (Å²) in [5.74, 6) is -1.29. The summed E-state index contributed by atoms with van der Waals surface area (Å²) in [7, 11) is -9.93. The van der Waals surface area contributed by atoms with Crippen LogP contribution in [-0.4, -0.2) is 96.7 Å². The first-order chi connectivity index (χ1) is 50.5. The average Bonchev–Trinajstić information content (AvgIpc) is 0.919. The predicted molar refractivity (Wildman–Crippen MR) is 428 cm³/mol. The van der Waals surface area contributed by atoms with Gasteiger partial charge in [0.1, 0.15) is 19.3 Å². The van der Waals surface area contributed by atoms with E-state index in [0.29, 0.717) is 25.7 Å². The van der Waals surface area contributed by atoms with Crippen LogP contribution in [0.5, 0.6) is 0 Å². The van der Waals surface area contributed by atoms with Crippen molar-refractivity contribution in [2.75, 3.05) is 39.6 Å². The van der Waals surface area contributed by atoms with Gasteiger partial charge in [0.15, 0.2) is 12.2 Å².